The van der Waals surface area contributed by atoms with Crippen LogP contribution in [-0.2, 0) is 24.3 Å². The van der Waals surface area contributed by atoms with Crippen LogP contribution in [0.1, 0.15) is 38.2 Å². The molecule has 1 fully saturated rings. The number of thiophene rings is 1. The zero-order valence-corrected chi connectivity index (χ0v) is 18.1. The fourth-order valence-corrected chi connectivity index (χ4v) is 5.19. The fraction of sp³-hybridized carbons (Fsp3) is 0.435. The van der Waals surface area contributed by atoms with E-state index in [1.54, 1.807) is 6.07 Å². The molecule has 6 nitrogen and oxygen atoms in total. The van der Waals surface area contributed by atoms with Crippen molar-refractivity contribution in [1.29, 1.82) is 0 Å². The van der Waals surface area contributed by atoms with Crippen LogP contribution in [0.2, 0.25) is 0 Å². The third kappa shape index (κ3) is 3.99. The number of amides is 1. The molecule has 1 aliphatic rings. The van der Waals surface area contributed by atoms with Crippen LogP contribution in [0.25, 0.3) is 10.2 Å². The van der Waals surface area contributed by atoms with Crippen molar-refractivity contribution < 1.29 is 4.79 Å². The van der Waals surface area contributed by atoms with Gasteiger partial charge in [0.15, 0.2) is 0 Å². The van der Waals surface area contributed by atoms with E-state index in [0.717, 1.165) is 37.8 Å². The third-order valence-electron chi connectivity index (χ3n) is 6.02. The number of likely N-dealkylation sites (tertiary alicyclic amines) is 1. The maximum Gasteiger partial charge on any atom is 0.332 e. The summed E-state index contributed by atoms with van der Waals surface area (Å²) in [5.41, 5.74) is 0.954. The number of benzene rings is 1. The normalized spacial score (nSPS) is 16.8. The standard InChI is InChI=1S/C23H27N3O3S/c1-2-18-10-6-7-13-24(18)20(27)16-26-19-12-15-30-21(19)22(28)25(23(26)29)14-11-17-8-4-3-5-9-17/h3-5,8-9,12,15,18H,2,6-7,10-11,13-14,16H2,1H3. The molecule has 3 heterocycles. The first kappa shape index (κ1) is 20.6. The molecule has 7 heteroatoms. The van der Waals surface area contributed by atoms with Crippen LogP contribution in [0.4, 0.5) is 0 Å². The number of nitrogens with zero attached hydrogens (tertiary/aromatic N) is 3. The smallest absolute Gasteiger partial charge is 0.332 e. The highest BCUT2D eigenvalue weighted by atomic mass is 32.1. The molecular formula is C23H27N3O3S. The van der Waals surface area contributed by atoms with E-state index in [1.807, 2.05) is 40.6 Å². The molecule has 0 spiro atoms. The molecule has 0 N–H and O–H groups in total. The quantitative estimate of drug-likeness (QED) is 0.609. The van der Waals surface area contributed by atoms with E-state index in [2.05, 4.69) is 6.92 Å². The molecule has 1 saturated heterocycles. The minimum absolute atomic E-state index is 0.0197. The van der Waals surface area contributed by atoms with Crippen molar-refractivity contribution in [3.05, 3.63) is 68.2 Å². The summed E-state index contributed by atoms with van der Waals surface area (Å²) >= 11 is 1.32. The Labute approximate surface area is 179 Å². The summed E-state index contributed by atoms with van der Waals surface area (Å²) < 4.78 is 3.30. The highest BCUT2D eigenvalue weighted by Crippen LogP contribution is 2.21. The van der Waals surface area contributed by atoms with Gasteiger partial charge in [-0.2, -0.15) is 0 Å². The molecule has 0 radical (unpaired) electrons. The van der Waals surface area contributed by atoms with Crippen LogP contribution >= 0.6 is 11.3 Å². The third-order valence-corrected chi connectivity index (χ3v) is 6.91. The second-order valence-electron chi connectivity index (χ2n) is 7.84. The monoisotopic (exact) mass is 425 g/mol. The fourth-order valence-electron chi connectivity index (χ4n) is 4.35. The highest BCUT2D eigenvalue weighted by Gasteiger charge is 2.26. The van der Waals surface area contributed by atoms with Crippen LogP contribution in [0.3, 0.4) is 0 Å². The van der Waals surface area contributed by atoms with Crippen molar-refractivity contribution in [2.75, 3.05) is 6.54 Å². The largest absolute Gasteiger partial charge is 0.338 e. The van der Waals surface area contributed by atoms with Gasteiger partial charge in [0, 0.05) is 19.1 Å². The Bertz CT molecular complexity index is 1150. The van der Waals surface area contributed by atoms with E-state index in [0.29, 0.717) is 23.2 Å². The molecule has 3 aromatic rings. The van der Waals surface area contributed by atoms with Crippen molar-refractivity contribution in [3.63, 3.8) is 0 Å². The predicted molar refractivity (Wildman–Crippen MR) is 120 cm³/mol. The van der Waals surface area contributed by atoms with Gasteiger partial charge in [-0.25, -0.2) is 4.79 Å². The zero-order chi connectivity index (χ0) is 21.1. The topological polar surface area (TPSA) is 64.3 Å². The number of rotatable bonds is 6. The lowest BCUT2D eigenvalue weighted by Crippen LogP contribution is -2.47. The Morgan fingerprint density at radius 1 is 1.10 bits per heavy atom. The molecule has 0 bridgehead atoms. The Morgan fingerprint density at radius 3 is 2.67 bits per heavy atom. The first-order valence-corrected chi connectivity index (χ1v) is 11.5. The van der Waals surface area contributed by atoms with E-state index >= 15 is 0 Å². The van der Waals surface area contributed by atoms with Gasteiger partial charge in [0.2, 0.25) is 5.91 Å². The summed E-state index contributed by atoms with van der Waals surface area (Å²) in [6.07, 6.45) is 4.67. The molecule has 1 aliphatic heterocycles. The van der Waals surface area contributed by atoms with Crippen LogP contribution in [-0.4, -0.2) is 32.5 Å². The van der Waals surface area contributed by atoms with Crippen LogP contribution in [0.5, 0.6) is 0 Å². The molecule has 1 amide bonds. The highest BCUT2D eigenvalue weighted by molar-refractivity contribution is 7.17. The summed E-state index contributed by atoms with van der Waals surface area (Å²) in [5.74, 6) is -0.0376. The Morgan fingerprint density at radius 2 is 1.90 bits per heavy atom. The lowest BCUT2D eigenvalue weighted by atomic mass is 10.00. The SMILES string of the molecule is CCC1CCCCN1C(=O)Cn1c(=O)n(CCc2ccccc2)c(=O)c2sccc21. The van der Waals surface area contributed by atoms with Crippen LogP contribution in [0.15, 0.2) is 51.4 Å². The van der Waals surface area contributed by atoms with Gasteiger partial charge in [0.05, 0.1) is 5.52 Å². The van der Waals surface area contributed by atoms with E-state index in [4.69, 9.17) is 0 Å². The minimum atomic E-state index is -0.403. The van der Waals surface area contributed by atoms with E-state index < -0.39 is 5.69 Å². The van der Waals surface area contributed by atoms with Crippen LogP contribution in [0, 0.1) is 0 Å². The summed E-state index contributed by atoms with van der Waals surface area (Å²) in [6.45, 7) is 3.12. The van der Waals surface area contributed by atoms with Gasteiger partial charge >= 0.3 is 5.69 Å². The predicted octanol–water partition coefficient (Wildman–Crippen LogP) is 3.26. The van der Waals surface area contributed by atoms with Gasteiger partial charge in [0.1, 0.15) is 11.2 Å². The second-order valence-corrected chi connectivity index (χ2v) is 8.76. The molecule has 158 valence electrons. The van der Waals surface area contributed by atoms with Gasteiger partial charge in [-0.05, 0) is 49.1 Å². The lowest BCUT2D eigenvalue weighted by molar-refractivity contribution is -0.135. The molecule has 1 aromatic carbocycles. The summed E-state index contributed by atoms with van der Waals surface area (Å²) in [6, 6.07) is 11.8. The first-order valence-electron chi connectivity index (χ1n) is 10.6. The summed E-state index contributed by atoms with van der Waals surface area (Å²) in [5, 5.41) is 1.81. The number of piperidine rings is 1. The molecule has 1 atom stereocenters. The Kier molecular flexibility index (Phi) is 6.18. The molecule has 0 aliphatic carbocycles. The summed E-state index contributed by atoms with van der Waals surface area (Å²) in [4.78, 5) is 41.2. The lowest BCUT2D eigenvalue weighted by Gasteiger charge is -2.35. The second kappa shape index (κ2) is 9.00. The van der Waals surface area contributed by atoms with Crippen molar-refractivity contribution in [1.82, 2.24) is 14.0 Å². The van der Waals surface area contributed by atoms with Crippen molar-refractivity contribution >= 4 is 27.5 Å². The maximum atomic E-state index is 13.3. The molecule has 1 unspecified atom stereocenters. The molecule has 0 saturated carbocycles. The van der Waals surface area contributed by atoms with Gasteiger partial charge in [-0.3, -0.25) is 18.7 Å². The number of carbonyl (C=O) groups excluding carboxylic acids is 1. The van der Waals surface area contributed by atoms with Crippen molar-refractivity contribution in [2.45, 2.75) is 58.2 Å². The number of hydrogen-bond acceptors (Lipinski definition) is 4. The number of carbonyl (C=O) groups is 1. The number of aryl methyl sites for hydroxylation is 1. The number of fused-ring (bicyclic) bond motifs is 1. The molecule has 4 rings (SSSR count). The average molecular weight is 426 g/mol. The molecule has 30 heavy (non-hydrogen) atoms. The maximum absolute atomic E-state index is 13.3. The van der Waals surface area contributed by atoms with Gasteiger partial charge < -0.3 is 4.90 Å². The Hall–Kier alpha value is -2.67. The van der Waals surface area contributed by atoms with E-state index in [9.17, 15) is 14.4 Å². The molecular weight excluding hydrogens is 398 g/mol. The average Bonchev–Trinajstić information content (AvgIpc) is 3.27. The van der Waals surface area contributed by atoms with Crippen LogP contribution < -0.4 is 11.2 Å². The van der Waals surface area contributed by atoms with Gasteiger partial charge in [-0.1, -0.05) is 37.3 Å². The van der Waals surface area contributed by atoms with Gasteiger partial charge in [0.25, 0.3) is 5.56 Å². The number of hydrogen-bond donors (Lipinski definition) is 0. The Balaban J connectivity index is 1.67. The summed E-state index contributed by atoms with van der Waals surface area (Å²) in [7, 11) is 0. The zero-order valence-electron chi connectivity index (χ0n) is 17.3. The van der Waals surface area contributed by atoms with Crippen molar-refractivity contribution in [3.8, 4) is 0 Å². The molecule has 2 aromatic heterocycles. The van der Waals surface area contributed by atoms with E-state index in [1.165, 1.54) is 20.5 Å². The van der Waals surface area contributed by atoms with E-state index in [-0.39, 0.29) is 24.1 Å². The van der Waals surface area contributed by atoms with Crippen molar-refractivity contribution in [2.24, 2.45) is 0 Å². The number of aromatic nitrogens is 2. The van der Waals surface area contributed by atoms with Gasteiger partial charge in [-0.15, -0.1) is 11.3 Å². The minimum Gasteiger partial charge on any atom is -0.338 e. The first-order chi connectivity index (χ1) is 14.6.